The fourth-order valence-corrected chi connectivity index (χ4v) is 1.51. The van der Waals surface area contributed by atoms with Crippen molar-refractivity contribution in [2.24, 2.45) is 5.41 Å². The lowest BCUT2D eigenvalue weighted by molar-refractivity contribution is -0.175. The van der Waals surface area contributed by atoms with E-state index in [1.807, 2.05) is 0 Å². The lowest BCUT2D eigenvalue weighted by Gasteiger charge is -2.27. The van der Waals surface area contributed by atoms with Crippen LogP contribution in [-0.4, -0.2) is 24.6 Å². The third kappa shape index (κ3) is 3.22. The molecule has 0 bridgehead atoms. The van der Waals surface area contributed by atoms with E-state index in [0.29, 0.717) is 12.8 Å². The molecule has 0 aliphatic carbocycles. The maximum Gasteiger partial charge on any atom is 0.323 e. The molecule has 0 aliphatic rings. The predicted octanol–water partition coefficient (Wildman–Crippen LogP) is 2.31. The molecule has 0 spiro atoms. The second-order valence-electron chi connectivity index (χ2n) is 3.96. The van der Waals surface area contributed by atoms with Crippen molar-refractivity contribution in [1.29, 1.82) is 0 Å². The van der Waals surface area contributed by atoms with Crippen molar-refractivity contribution in [1.82, 2.24) is 0 Å². The predicted molar refractivity (Wildman–Crippen MR) is 60.9 cm³/mol. The van der Waals surface area contributed by atoms with Crippen LogP contribution in [0.5, 0.6) is 0 Å². The second-order valence-corrected chi connectivity index (χ2v) is 3.96. The highest BCUT2D eigenvalue weighted by Gasteiger charge is 2.46. The normalized spacial score (nSPS) is 11.4. The molecule has 0 saturated heterocycles. The summed E-state index contributed by atoms with van der Waals surface area (Å²) in [5, 5.41) is 0. The molecule has 0 amide bonds. The molecule has 0 unspecified atom stereocenters. The first-order chi connectivity index (χ1) is 7.44. The number of ether oxygens (including phenoxy) is 2. The van der Waals surface area contributed by atoms with Gasteiger partial charge < -0.3 is 9.47 Å². The van der Waals surface area contributed by atoms with Crippen LogP contribution in [0.25, 0.3) is 0 Å². The summed E-state index contributed by atoms with van der Waals surface area (Å²) < 4.78 is 10.1. The quantitative estimate of drug-likeness (QED) is 0.519. The van der Waals surface area contributed by atoms with Gasteiger partial charge in [-0.2, -0.15) is 0 Å². The molecule has 0 heterocycles. The van der Waals surface area contributed by atoms with Crippen molar-refractivity contribution in [3.8, 4) is 0 Å². The summed E-state index contributed by atoms with van der Waals surface area (Å²) in [6, 6.07) is 0. The van der Waals surface area contributed by atoms with Gasteiger partial charge in [-0.3, -0.25) is 9.59 Å². The lowest BCUT2D eigenvalue weighted by Crippen LogP contribution is -2.42. The molecule has 4 heteroatoms. The van der Waals surface area contributed by atoms with Crippen LogP contribution in [-0.2, 0) is 19.1 Å². The average molecular weight is 230 g/mol. The van der Waals surface area contributed by atoms with Gasteiger partial charge in [0.2, 0.25) is 0 Å². The molecule has 0 atom stereocenters. The molecule has 0 fully saturated rings. The molecule has 0 aromatic rings. The van der Waals surface area contributed by atoms with Crippen LogP contribution < -0.4 is 0 Å². The van der Waals surface area contributed by atoms with Crippen molar-refractivity contribution < 1.29 is 19.1 Å². The third-order valence-electron chi connectivity index (χ3n) is 2.61. The fraction of sp³-hybridized carbons (Fsp3) is 0.833. The Hall–Kier alpha value is -1.06. The van der Waals surface area contributed by atoms with Crippen LogP contribution >= 0.6 is 0 Å². The Morgan fingerprint density at radius 3 is 1.88 bits per heavy atom. The minimum absolute atomic E-state index is 0.223. The lowest BCUT2D eigenvalue weighted by atomic mass is 9.82. The van der Waals surface area contributed by atoms with Crippen LogP contribution in [0, 0.1) is 5.41 Å². The highest BCUT2D eigenvalue weighted by molar-refractivity contribution is 6.00. The first-order valence-electron chi connectivity index (χ1n) is 5.82. The standard InChI is InChI=1S/C12H22O4/c1-6-12(7-2,10(13)15-8-3)11(14)16-9(4)5/h9H,6-8H2,1-5H3. The molecule has 0 aromatic carbocycles. The number of hydrogen-bond donors (Lipinski definition) is 0. The van der Waals surface area contributed by atoms with E-state index in [1.54, 1.807) is 34.6 Å². The van der Waals surface area contributed by atoms with Crippen LogP contribution in [0.1, 0.15) is 47.5 Å². The van der Waals surface area contributed by atoms with Crippen LogP contribution in [0.3, 0.4) is 0 Å². The summed E-state index contributed by atoms with van der Waals surface area (Å²) >= 11 is 0. The second kappa shape index (κ2) is 6.51. The highest BCUT2D eigenvalue weighted by Crippen LogP contribution is 2.30. The maximum absolute atomic E-state index is 11.9. The highest BCUT2D eigenvalue weighted by atomic mass is 16.6. The van der Waals surface area contributed by atoms with Gasteiger partial charge in [-0.1, -0.05) is 13.8 Å². The molecule has 16 heavy (non-hydrogen) atoms. The van der Waals surface area contributed by atoms with Crippen molar-refractivity contribution in [3.63, 3.8) is 0 Å². The summed E-state index contributed by atoms with van der Waals surface area (Å²) in [5.74, 6) is -0.961. The molecular formula is C12H22O4. The van der Waals surface area contributed by atoms with Gasteiger partial charge >= 0.3 is 11.9 Å². The molecular weight excluding hydrogens is 208 g/mol. The van der Waals surface area contributed by atoms with Crippen molar-refractivity contribution in [3.05, 3.63) is 0 Å². The van der Waals surface area contributed by atoms with Gasteiger partial charge in [-0.05, 0) is 33.6 Å². The van der Waals surface area contributed by atoms with E-state index in [0.717, 1.165) is 0 Å². The Balaban J connectivity index is 4.93. The average Bonchev–Trinajstić information content (AvgIpc) is 2.19. The Morgan fingerprint density at radius 1 is 1.06 bits per heavy atom. The Morgan fingerprint density at radius 2 is 1.56 bits per heavy atom. The first kappa shape index (κ1) is 14.9. The molecule has 0 aromatic heterocycles. The number of hydrogen-bond acceptors (Lipinski definition) is 4. The van der Waals surface area contributed by atoms with Gasteiger partial charge in [0, 0.05) is 0 Å². The molecule has 4 nitrogen and oxygen atoms in total. The topological polar surface area (TPSA) is 52.6 Å². The molecule has 0 rings (SSSR count). The smallest absolute Gasteiger partial charge is 0.323 e. The number of carbonyl (C=O) groups excluding carboxylic acids is 2. The van der Waals surface area contributed by atoms with E-state index < -0.39 is 17.4 Å². The summed E-state index contributed by atoms with van der Waals surface area (Å²) in [6.07, 6.45) is 0.571. The van der Waals surface area contributed by atoms with Gasteiger partial charge in [-0.25, -0.2) is 0 Å². The zero-order valence-corrected chi connectivity index (χ0v) is 10.8. The van der Waals surface area contributed by atoms with Crippen molar-refractivity contribution in [2.75, 3.05) is 6.61 Å². The van der Waals surface area contributed by atoms with E-state index >= 15 is 0 Å². The fourth-order valence-electron chi connectivity index (χ4n) is 1.51. The SMILES string of the molecule is CCOC(=O)C(CC)(CC)C(=O)OC(C)C. The Labute approximate surface area is 97.3 Å². The summed E-state index contributed by atoms with van der Waals surface area (Å²) in [7, 11) is 0. The van der Waals surface area contributed by atoms with Gasteiger partial charge in [0.05, 0.1) is 12.7 Å². The van der Waals surface area contributed by atoms with Crippen LogP contribution in [0.4, 0.5) is 0 Å². The van der Waals surface area contributed by atoms with Crippen LogP contribution in [0.2, 0.25) is 0 Å². The van der Waals surface area contributed by atoms with Gasteiger partial charge in [0.1, 0.15) is 0 Å². The Bertz CT molecular complexity index is 241. The molecule has 0 N–H and O–H groups in total. The molecule has 0 saturated carbocycles. The van der Waals surface area contributed by atoms with Gasteiger partial charge in [-0.15, -0.1) is 0 Å². The van der Waals surface area contributed by atoms with Gasteiger partial charge in [0.15, 0.2) is 5.41 Å². The molecule has 94 valence electrons. The van der Waals surface area contributed by atoms with Gasteiger partial charge in [0.25, 0.3) is 0 Å². The first-order valence-corrected chi connectivity index (χ1v) is 5.82. The molecule has 0 radical (unpaired) electrons. The summed E-state index contributed by atoms with van der Waals surface area (Å²) in [5.41, 5.74) is -1.14. The largest absolute Gasteiger partial charge is 0.465 e. The van der Waals surface area contributed by atoms with E-state index in [1.165, 1.54) is 0 Å². The zero-order chi connectivity index (χ0) is 12.8. The number of esters is 2. The minimum atomic E-state index is -1.14. The monoisotopic (exact) mass is 230 g/mol. The summed E-state index contributed by atoms with van der Waals surface area (Å²) in [4.78, 5) is 23.8. The van der Waals surface area contributed by atoms with Crippen molar-refractivity contribution >= 4 is 11.9 Å². The number of rotatable bonds is 6. The summed E-state index contributed by atoms with van der Waals surface area (Å²) in [6.45, 7) is 9.11. The molecule has 0 aliphatic heterocycles. The Kier molecular flexibility index (Phi) is 6.08. The number of carbonyl (C=O) groups is 2. The zero-order valence-electron chi connectivity index (χ0n) is 10.8. The van der Waals surface area contributed by atoms with Crippen molar-refractivity contribution in [2.45, 2.75) is 53.6 Å². The minimum Gasteiger partial charge on any atom is -0.465 e. The van der Waals surface area contributed by atoms with E-state index in [9.17, 15) is 9.59 Å². The third-order valence-corrected chi connectivity index (χ3v) is 2.61. The van der Waals surface area contributed by atoms with E-state index in [2.05, 4.69) is 0 Å². The van der Waals surface area contributed by atoms with E-state index in [-0.39, 0.29) is 12.7 Å². The van der Waals surface area contributed by atoms with Crippen LogP contribution in [0.15, 0.2) is 0 Å². The maximum atomic E-state index is 11.9. The van der Waals surface area contributed by atoms with E-state index in [4.69, 9.17) is 9.47 Å².